The van der Waals surface area contributed by atoms with Crippen LogP contribution < -0.4 is 11.1 Å². The van der Waals surface area contributed by atoms with Crippen LogP contribution in [0.1, 0.15) is 16.8 Å². The number of aliphatic carboxylic acids is 1. The van der Waals surface area contributed by atoms with Crippen molar-refractivity contribution < 1.29 is 23.9 Å². The van der Waals surface area contributed by atoms with Gasteiger partial charge in [-0.05, 0) is 34.1 Å². The third kappa shape index (κ3) is 4.32. The predicted octanol–water partition coefficient (Wildman–Crippen LogP) is 0.647. The van der Waals surface area contributed by atoms with Crippen LogP contribution in [0.3, 0.4) is 0 Å². The Balaban J connectivity index is 2.84. The van der Waals surface area contributed by atoms with Gasteiger partial charge in [-0.15, -0.1) is 0 Å². The molecule has 0 saturated heterocycles. The van der Waals surface area contributed by atoms with Gasteiger partial charge in [-0.1, -0.05) is 0 Å². The molecule has 0 aliphatic rings. The molecule has 1 aromatic carbocycles. The van der Waals surface area contributed by atoms with Crippen molar-refractivity contribution in [1.29, 1.82) is 0 Å². The van der Waals surface area contributed by atoms with Crippen molar-refractivity contribution in [2.45, 2.75) is 12.5 Å². The summed E-state index contributed by atoms with van der Waals surface area (Å²) >= 11 is 2.90. The van der Waals surface area contributed by atoms with Gasteiger partial charge >= 0.3 is 5.97 Å². The molecular formula is C11H10BrFN2O4. The van der Waals surface area contributed by atoms with Gasteiger partial charge in [0, 0.05) is 5.56 Å². The van der Waals surface area contributed by atoms with Crippen LogP contribution >= 0.6 is 15.9 Å². The molecule has 1 unspecified atom stereocenters. The lowest BCUT2D eigenvalue weighted by molar-refractivity contribution is -0.140. The summed E-state index contributed by atoms with van der Waals surface area (Å²) in [4.78, 5) is 33.2. The lowest BCUT2D eigenvalue weighted by Crippen LogP contribution is -2.43. The molecule has 2 amide bonds. The summed E-state index contributed by atoms with van der Waals surface area (Å²) in [6.45, 7) is 0. The minimum absolute atomic E-state index is 0.0593. The molecule has 1 aromatic rings. The molecule has 0 saturated carbocycles. The SMILES string of the molecule is NC(=O)CC(NC(=O)c1ccc(F)c(Br)c1)C(=O)O. The lowest BCUT2D eigenvalue weighted by atomic mass is 10.1. The second-order valence-electron chi connectivity index (χ2n) is 3.66. The Hall–Kier alpha value is -1.96. The van der Waals surface area contributed by atoms with Crippen molar-refractivity contribution in [2.24, 2.45) is 5.73 Å². The first kappa shape index (κ1) is 15.1. The molecule has 0 radical (unpaired) electrons. The number of amides is 2. The van der Waals surface area contributed by atoms with Crippen LogP contribution in [0.25, 0.3) is 0 Å². The van der Waals surface area contributed by atoms with Crippen LogP contribution in [0.15, 0.2) is 22.7 Å². The number of carbonyl (C=O) groups excluding carboxylic acids is 2. The van der Waals surface area contributed by atoms with Gasteiger partial charge in [0.05, 0.1) is 10.9 Å². The van der Waals surface area contributed by atoms with Crippen LogP contribution in [-0.2, 0) is 9.59 Å². The molecule has 19 heavy (non-hydrogen) atoms. The average molecular weight is 333 g/mol. The maximum absolute atomic E-state index is 13.0. The summed E-state index contributed by atoms with van der Waals surface area (Å²) in [5, 5.41) is 11.0. The fourth-order valence-corrected chi connectivity index (χ4v) is 1.66. The Morgan fingerprint density at radius 1 is 1.42 bits per heavy atom. The zero-order chi connectivity index (χ0) is 14.6. The number of nitrogens with two attached hydrogens (primary N) is 1. The molecule has 0 fully saturated rings. The van der Waals surface area contributed by atoms with E-state index in [-0.39, 0.29) is 10.0 Å². The van der Waals surface area contributed by atoms with E-state index >= 15 is 0 Å². The Labute approximate surface area is 115 Å². The van der Waals surface area contributed by atoms with Crippen molar-refractivity contribution in [3.8, 4) is 0 Å². The third-order valence-electron chi connectivity index (χ3n) is 2.19. The molecule has 0 spiro atoms. The van der Waals surface area contributed by atoms with Gasteiger partial charge in [-0.25, -0.2) is 9.18 Å². The quantitative estimate of drug-likeness (QED) is 0.735. The Morgan fingerprint density at radius 2 is 2.05 bits per heavy atom. The van der Waals surface area contributed by atoms with E-state index in [4.69, 9.17) is 10.8 Å². The zero-order valence-electron chi connectivity index (χ0n) is 9.52. The summed E-state index contributed by atoms with van der Waals surface area (Å²) in [6.07, 6.45) is -0.524. The fraction of sp³-hybridized carbons (Fsp3) is 0.182. The molecule has 1 rings (SSSR count). The number of carbonyl (C=O) groups is 3. The highest BCUT2D eigenvalue weighted by atomic mass is 79.9. The number of benzene rings is 1. The fourth-order valence-electron chi connectivity index (χ4n) is 1.28. The summed E-state index contributed by atoms with van der Waals surface area (Å²) in [7, 11) is 0. The summed E-state index contributed by atoms with van der Waals surface area (Å²) < 4.78 is 13.1. The second-order valence-corrected chi connectivity index (χ2v) is 4.52. The standard InChI is InChI=1S/C11H10BrFN2O4/c12-6-3-5(1-2-7(6)13)10(17)15-8(11(18)19)4-9(14)16/h1-3,8H,4H2,(H2,14,16)(H,15,17)(H,18,19). The number of carboxylic acid groups (broad SMARTS) is 1. The van der Waals surface area contributed by atoms with Gasteiger partial charge in [0.2, 0.25) is 5.91 Å². The normalized spacial score (nSPS) is 11.7. The predicted molar refractivity (Wildman–Crippen MR) is 66.8 cm³/mol. The van der Waals surface area contributed by atoms with Gasteiger partial charge in [0.15, 0.2) is 0 Å². The molecule has 102 valence electrons. The number of hydrogen-bond donors (Lipinski definition) is 3. The number of carboxylic acids is 1. The topological polar surface area (TPSA) is 109 Å². The van der Waals surface area contributed by atoms with Crippen LogP contribution in [0.2, 0.25) is 0 Å². The van der Waals surface area contributed by atoms with Gasteiger partial charge in [-0.3, -0.25) is 9.59 Å². The highest BCUT2D eigenvalue weighted by Crippen LogP contribution is 2.16. The first-order chi connectivity index (χ1) is 8.81. The smallest absolute Gasteiger partial charge is 0.326 e. The highest BCUT2D eigenvalue weighted by Gasteiger charge is 2.22. The number of hydrogen-bond acceptors (Lipinski definition) is 3. The van der Waals surface area contributed by atoms with Gasteiger partial charge in [-0.2, -0.15) is 0 Å². The molecule has 4 N–H and O–H groups in total. The van der Waals surface area contributed by atoms with E-state index in [9.17, 15) is 18.8 Å². The maximum Gasteiger partial charge on any atom is 0.326 e. The van der Waals surface area contributed by atoms with Crippen LogP contribution in [0.4, 0.5) is 4.39 Å². The molecule has 6 nitrogen and oxygen atoms in total. The Bertz CT molecular complexity index is 535. The highest BCUT2D eigenvalue weighted by molar-refractivity contribution is 9.10. The lowest BCUT2D eigenvalue weighted by Gasteiger charge is -2.12. The molecule has 1 atom stereocenters. The first-order valence-electron chi connectivity index (χ1n) is 5.08. The molecule has 0 aromatic heterocycles. The minimum atomic E-state index is -1.42. The Kier molecular flexibility index (Phi) is 4.99. The molecular weight excluding hydrogens is 323 g/mol. The summed E-state index contributed by atoms with van der Waals surface area (Å²) in [5.74, 6) is -3.53. The summed E-state index contributed by atoms with van der Waals surface area (Å²) in [6, 6.07) is 2.03. The van der Waals surface area contributed by atoms with Crippen molar-refractivity contribution in [3.05, 3.63) is 34.1 Å². The second kappa shape index (κ2) is 6.28. The molecule has 0 aliphatic heterocycles. The van der Waals surface area contributed by atoms with E-state index in [1.165, 1.54) is 12.1 Å². The van der Waals surface area contributed by atoms with Crippen molar-refractivity contribution >= 4 is 33.7 Å². The number of nitrogens with one attached hydrogen (secondary N) is 1. The molecule has 0 bridgehead atoms. The summed E-state index contributed by atoms with van der Waals surface area (Å²) in [5.41, 5.74) is 4.94. The zero-order valence-corrected chi connectivity index (χ0v) is 11.1. The molecule has 8 heteroatoms. The van der Waals surface area contributed by atoms with Gasteiger partial charge in [0.1, 0.15) is 11.9 Å². The van der Waals surface area contributed by atoms with Crippen molar-refractivity contribution in [3.63, 3.8) is 0 Å². The average Bonchev–Trinajstić information content (AvgIpc) is 2.31. The molecule has 0 heterocycles. The van der Waals surface area contributed by atoms with E-state index in [0.717, 1.165) is 6.07 Å². The van der Waals surface area contributed by atoms with E-state index in [2.05, 4.69) is 21.2 Å². The number of primary amides is 1. The van der Waals surface area contributed by atoms with E-state index in [0.29, 0.717) is 0 Å². The van der Waals surface area contributed by atoms with Gasteiger partial charge in [0.25, 0.3) is 5.91 Å². The van der Waals surface area contributed by atoms with Crippen LogP contribution in [0.5, 0.6) is 0 Å². The monoisotopic (exact) mass is 332 g/mol. The van der Waals surface area contributed by atoms with Gasteiger partial charge < -0.3 is 16.2 Å². The van der Waals surface area contributed by atoms with Crippen molar-refractivity contribution in [1.82, 2.24) is 5.32 Å². The Morgan fingerprint density at radius 3 is 2.53 bits per heavy atom. The first-order valence-corrected chi connectivity index (χ1v) is 5.87. The van der Waals surface area contributed by atoms with Crippen LogP contribution in [0, 0.1) is 5.82 Å². The molecule has 0 aliphatic carbocycles. The van der Waals surface area contributed by atoms with E-state index in [1.807, 2.05) is 0 Å². The maximum atomic E-state index is 13.0. The van der Waals surface area contributed by atoms with E-state index < -0.39 is 36.1 Å². The number of halogens is 2. The largest absolute Gasteiger partial charge is 0.480 e. The number of rotatable bonds is 5. The van der Waals surface area contributed by atoms with Crippen molar-refractivity contribution in [2.75, 3.05) is 0 Å². The minimum Gasteiger partial charge on any atom is -0.480 e. The van der Waals surface area contributed by atoms with Crippen LogP contribution in [-0.4, -0.2) is 28.9 Å². The third-order valence-corrected chi connectivity index (χ3v) is 2.80. The van der Waals surface area contributed by atoms with E-state index in [1.54, 1.807) is 0 Å².